The number of carbonyl (C=O) groups is 2. The zero-order valence-corrected chi connectivity index (χ0v) is 12.2. The molecule has 0 spiro atoms. The minimum absolute atomic E-state index is 0.0976. The lowest BCUT2D eigenvalue weighted by Gasteiger charge is -2.16. The predicted molar refractivity (Wildman–Crippen MR) is 79.2 cm³/mol. The topological polar surface area (TPSA) is 81.7 Å². The molecule has 0 saturated carbocycles. The summed E-state index contributed by atoms with van der Waals surface area (Å²) in [5, 5.41) is 15.1. The molecular formula is C15H21N3O3. The van der Waals surface area contributed by atoms with Gasteiger partial charge in [0, 0.05) is 19.6 Å². The van der Waals surface area contributed by atoms with Gasteiger partial charge in [0.15, 0.2) is 0 Å². The van der Waals surface area contributed by atoms with Crippen molar-refractivity contribution in [1.29, 1.82) is 0 Å². The Balaban J connectivity index is 1.84. The van der Waals surface area contributed by atoms with E-state index in [-0.39, 0.29) is 11.6 Å². The first kappa shape index (κ1) is 15.3. The number of nitrogens with one attached hydrogen (secondary N) is 2. The minimum atomic E-state index is -0.941. The molecule has 21 heavy (non-hydrogen) atoms. The molecule has 0 aliphatic carbocycles. The lowest BCUT2D eigenvalue weighted by atomic mass is 10.1. The van der Waals surface area contributed by atoms with Gasteiger partial charge in [-0.15, -0.1) is 0 Å². The van der Waals surface area contributed by atoms with Crippen LogP contribution in [0.2, 0.25) is 0 Å². The SMILES string of the molecule is CCNCCCNC(=O)N1Cc2ccc(C(=O)O)cc2C1. The molecule has 6 nitrogen and oxygen atoms in total. The molecule has 1 aromatic carbocycles. The van der Waals surface area contributed by atoms with Crippen molar-refractivity contribution in [1.82, 2.24) is 15.5 Å². The van der Waals surface area contributed by atoms with Crippen LogP contribution in [0.1, 0.15) is 34.8 Å². The summed E-state index contributed by atoms with van der Waals surface area (Å²) in [6, 6.07) is 4.92. The van der Waals surface area contributed by atoms with E-state index in [1.807, 2.05) is 6.92 Å². The Morgan fingerprint density at radius 2 is 2.00 bits per heavy atom. The maximum absolute atomic E-state index is 12.0. The van der Waals surface area contributed by atoms with Crippen LogP contribution >= 0.6 is 0 Å². The van der Waals surface area contributed by atoms with Crippen molar-refractivity contribution < 1.29 is 14.7 Å². The highest BCUT2D eigenvalue weighted by atomic mass is 16.4. The fraction of sp³-hybridized carbons (Fsp3) is 0.467. The molecule has 6 heteroatoms. The van der Waals surface area contributed by atoms with Gasteiger partial charge >= 0.3 is 12.0 Å². The molecule has 1 heterocycles. The second-order valence-corrected chi connectivity index (χ2v) is 5.08. The van der Waals surface area contributed by atoms with E-state index in [1.54, 1.807) is 23.1 Å². The van der Waals surface area contributed by atoms with Gasteiger partial charge in [-0.3, -0.25) is 0 Å². The Kier molecular flexibility index (Phi) is 5.16. The van der Waals surface area contributed by atoms with Crippen LogP contribution in [0.4, 0.5) is 4.79 Å². The van der Waals surface area contributed by atoms with Crippen molar-refractivity contribution in [2.24, 2.45) is 0 Å². The van der Waals surface area contributed by atoms with E-state index in [1.165, 1.54) is 0 Å². The molecule has 0 bridgehead atoms. The molecule has 0 radical (unpaired) electrons. The van der Waals surface area contributed by atoms with Gasteiger partial charge in [0.1, 0.15) is 0 Å². The fourth-order valence-corrected chi connectivity index (χ4v) is 2.37. The first-order chi connectivity index (χ1) is 10.1. The van der Waals surface area contributed by atoms with Gasteiger partial charge in [-0.25, -0.2) is 9.59 Å². The first-order valence-corrected chi connectivity index (χ1v) is 7.20. The van der Waals surface area contributed by atoms with E-state index in [0.29, 0.717) is 19.6 Å². The summed E-state index contributed by atoms with van der Waals surface area (Å²) in [5.74, 6) is -0.941. The third kappa shape index (κ3) is 3.95. The van der Waals surface area contributed by atoms with E-state index in [0.717, 1.165) is 30.6 Å². The molecule has 114 valence electrons. The van der Waals surface area contributed by atoms with Crippen molar-refractivity contribution >= 4 is 12.0 Å². The van der Waals surface area contributed by atoms with Gasteiger partial charge in [0.2, 0.25) is 0 Å². The van der Waals surface area contributed by atoms with Crippen LogP contribution in [0.3, 0.4) is 0 Å². The van der Waals surface area contributed by atoms with Crippen molar-refractivity contribution in [3.63, 3.8) is 0 Å². The van der Waals surface area contributed by atoms with Crippen LogP contribution in [0.15, 0.2) is 18.2 Å². The monoisotopic (exact) mass is 291 g/mol. The van der Waals surface area contributed by atoms with Crippen molar-refractivity contribution in [2.45, 2.75) is 26.4 Å². The summed E-state index contributed by atoms with van der Waals surface area (Å²) < 4.78 is 0. The molecule has 0 atom stereocenters. The Labute approximate surface area is 124 Å². The quantitative estimate of drug-likeness (QED) is 0.692. The number of hydrogen-bond donors (Lipinski definition) is 3. The number of fused-ring (bicyclic) bond motifs is 1. The minimum Gasteiger partial charge on any atom is -0.478 e. The molecular weight excluding hydrogens is 270 g/mol. The van der Waals surface area contributed by atoms with E-state index >= 15 is 0 Å². The number of urea groups is 1. The van der Waals surface area contributed by atoms with Crippen LogP contribution in [0, 0.1) is 0 Å². The molecule has 0 saturated heterocycles. The Hall–Kier alpha value is -2.08. The first-order valence-electron chi connectivity index (χ1n) is 7.20. The summed E-state index contributed by atoms with van der Waals surface area (Å²) in [4.78, 5) is 24.7. The number of carbonyl (C=O) groups excluding carboxylic acids is 1. The number of nitrogens with zero attached hydrogens (tertiary/aromatic N) is 1. The lowest BCUT2D eigenvalue weighted by Crippen LogP contribution is -2.37. The number of rotatable bonds is 6. The number of hydrogen-bond acceptors (Lipinski definition) is 3. The van der Waals surface area contributed by atoms with E-state index in [4.69, 9.17) is 5.11 Å². The summed E-state index contributed by atoms with van der Waals surface area (Å²) in [6.45, 7) is 5.51. The fourth-order valence-electron chi connectivity index (χ4n) is 2.37. The van der Waals surface area contributed by atoms with Crippen LogP contribution < -0.4 is 10.6 Å². The summed E-state index contributed by atoms with van der Waals surface area (Å²) in [6.07, 6.45) is 0.892. The van der Waals surface area contributed by atoms with E-state index in [9.17, 15) is 9.59 Å². The molecule has 3 N–H and O–H groups in total. The molecule has 2 rings (SSSR count). The van der Waals surface area contributed by atoms with Gasteiger partial charge < -0.3 is 20.6 Å². The number of benzene rings is 1. The average Bonchev–Trinajstić information content (AvgIpc) is 2.89. The van der Waals surface area contributed by atoms with Crippen molar-refractivity contribution in [3.05, 3.63) is 34.9 Å². The van der Waals surface area contributed by atoms with Gasteiger partial charge in [-0.1, -0.05) is 13.0 Å². The smallest absolute Gasteiger partial charge is 0.335 e. The largest absolute Gasteiger partial charge is 0.478 e. The summed E-state index contributed by atoms with van der Waals surface area (Å²) >= 11 is 0. The third-order valence-electron chi connectivity index (χ3n) is 3.52. The normalized spacial score (nSPS) is 13.1. The molecule has 1 aliphatic rings. The third-order valence-corrected chi connectivity index (χ3v) is 3.52. The maximum Gasteiger partial charge on any atom is 0.335 e. The van der Waals surface area contributed by atoms with Crippen molar-refractivity contribution in [3.8, 4) is 0 Å². The highest BCUT2D eigenvalue weighted by Gasteiger charge is 2.23. The standard InChI is InChI=1S/C15H21N3O3/c1-2-16-6-3-7-17-15(21)18-9-12-5-4-11(14(19)20)8-13(12)10-18/h4-5,8,16H,2-3,6-7,9-10H2,1H3,(H,17,21)(H,19,20). The van der Waals surface area contributed by atoms with Crippen LogP contribution in [-0.2, 0) is 13.1 Å². The lowest BCUT2D eigenvalue weighted by molar-refractivity contribution is 0.0696. The average molecular weight is 291 g/mol. The van der Waals surface area contributed by atoms with Gasteiger partial charge in [-0.2, -0.15) is 0 Å². The highest BCUT2D eigenvalue weighted by molar-refractivity contribution is 5.88. The van der Waals surface area contributed by atoms with Gasteiger partial charge in [-0.05, 0) is 42.8 Å². The van der Waals surface area contributed by atoms with E-state index in [2.05, 4.69) is 10.6 Å². The number of carboxylic acids is 1. The molecule has 1 aromatic rings. The Morgan fingerprint density at radius 1 is 1.24 bits per heavy atom. The molecule has 1 aliphatic heterocycles. The Morgan fingerprint density at radius 3 is 2.71 bits per heavy atom. The molecule has 0 unspecified atom stereocenters. The molecule has 0 aromatic heterocycles. The van der Waals surface area contributed by atoms with Crippen molar-refractivity contribution in [2.75, 3.05) is 19.6 Å². The second kappa shape index (κ2) is 7.08. The maximum atomic E-state index is 12.0. The van der Waals surface area contributed by atoms with Crippen LogP contribution in [0.25, 0.3) is 0 Å². The zero-order chi connectivity index (χ0) is 15.2. The summed E-state index contributed by atoms with van der Waals surface area (Å²) in [7, 11) is 0. The number of amides is 2. The molecule has 2 amide bonds. The molecule has 0 fully saturated rings. The highest BCUT2D eigenvalue weighted by Crippen LogP contribution is 2.23. The Bertz CT molecular complexity index is 531. The summed E-state index contributed by atoms with van der Waals surface area (Å²) in [5.41, 5.74) is 2.20. The second-order valence-electron chi connectivity index (χ2n) is 5.08. The van der Waals surface area contributed by atoms with Crippen LogP contribution in [0.5, 0.6) is 0 Å². The number of carboxylic acid groups (broad SMARTS) is 1. The zero-order valence-electron chi connectivity index (χ0n) is 12.2. The van der Waals surface area contributed by atoms with E-state index < -0.39 is 5.97 Å². The van der Waals surface area contributed by atoms with Gasteiger partial charge in [0.25, 0.3) is 0 Å². The predicted octanol–water partition coefficient (Wildman–Crippen LogP) is 1.41. The van der Waals surface area contributed by atoms with Crippen LogP contribution in [-0.4, -0.2) is 41.6 Å². The van der Waals surface area contributed by atoms with Gasteiger partial charge in [0.05, 0.1) is 5.56 Å². The number of aromatic carboxylic acids is 1.